The summed E-state index contributed by atoms with van der Waals surface area (Å²) < 4.78 is 65.6. The van der Waals surface area contributed by atoms with Crippen LogP contribution in [0.3, 0.4) is 0 Å². The van der Waals surface area contributed by atoms with Crippen molar-refractivity contribution in [2.75, 3.05) is 16.7 Å². The Morgan fingerprint density at radius 2 is 1.58 bits per heavy atom. The van der Waals surface area contributed by atoms with E-state index >= 15 is 0 Å². The first kappa shape index (κ1) is 22.4. The zero-order valence-electron chi connectivity index (χ0n) is 16.6. The fraction of sp³-hybridized carbons (Fsp3) is 0.136. The van der Waals surface area contributed by atoms with Crippen molar-refractivity contribution >= 4 is 27.3 Å². The second-order valence-electron chi connectivity index (χ2n) is 6.87. The van der Waals surface area contributed by atoms with Gasteiger partial charge in [-0.3, -0.25) is 9.10 Å². The molecule has 0 unspecified atom stereocenters. The van der Waals surface area contributed by atoms with Crippen LogP contribution in [0.15, 0.2) is 77.7 Å². The molecule has 1 N–H and O–H groups in total. The summed E-state index contributed by atoms with van der Waals surface area (Å²) in [5.74, 6) is -0.727. The Labute approximate surface area is 178 Å². The lowest BCUT2D eigenvalue weighted by Crippen LogP contribution is -2.26. The maximum absolute atomic E-state index is 13.0. The highest BCUT2D eigenvalue weighted by Gasteiger charge is 2.30. The normalized spacial score (nSPS) is 11.8. The first-order chi connectivity index (χ1) is 14.5. The van der Waals surface area contributed by atoms with Crippen LogP contribution in [0.4, 0.5) is 24.5 Å². The van der Waals surface area contributed by atoms with E-state index in [1.165, 1.54) is 43.4 Å². The number of alkyl halides is 3. The number of sulfonamides is 1. The van der Waals surface area contributed by atoms with Crippen molar-refractivity contribution in [1.82, 2.24) is 0 Å². The van der Waals surface area contributed by atoms with Crippen LogP contribution < -0.4 is 9.62 Å². The molecule has 0 atom stereocenters. The molecule has 0 heterocycles. The highest BCUT2D eigenvalue weighted by molar-refractivity contribution is 7.92. The van der Waals surface area contributed by atoms with E-state index in [0.29, 0.717) is 5.69 Å². The highest BCUT2D eigenvalue weighted by Crippen LogP contribution is 2.31. The number of benzene rings is 3. The molecular weight excluding hydrogens is 429 g/mol. The van der Waals surface area contributed by atoms with E-state index in [2.05, 4.69) is 5.32 Å². The molecule has 0 radical (unpaired) electrons. The van der Waals surface area contributed by atoms with Gasteiger partial charge in [0.25, 0.3) is 15.9 Å². The molecule has 0 aliphatic rings. The highest BCUT2D eigenvalue weighted by atomic mass is 32.2. The lowest BCUT2D eigenvalue weighted by atomic mass is 10.1. The Morgan fingerprint density at radius 3 is 2.23 bits per heavy atom. The number of hydrogen-bond donors (Lipinski definition) is 1. The van der Waals surface area contributed by atoms with Crippen molar-refractivity contribution in [1.29, 1.82) is 0 Å². The van der Waals surface area contributed by atoms with Gasteiger partial charge in [-0.05, 0) is 55.5 Å². The molecular formula is C22H19F3N2O3S. The second-order valence-corrected chi connectivity index (χ2v) is 8.84. The van der Waals surface area contributed by atoms with E-state index in [4.69, 9.17) is 0 Å². The standard InChI is InChI=1S/C22H19F3N2O3S/c1-15-9-11-19(12-10-15)27(2)31(29,30)20-8-3-5-16(13-20)21(28)26-18-7-4-6-17(14-18)22(23,24)25/h3-14H,1-2H3,(H,26,28). The van der Waals surface area contributed by atoms with Gasteiger partial charge >= 0.3 is 6.18 Å². The number of aryl methyl sites for hydroxylation is 1. The van der Waals surface area contributed by atoms with Crippen LogP contribution in [0.5, 0.6) is 0 Å². The fourth-order valence-electron chi connectivity index (χ4n) is 2.83. The van der Waals surface area contributed by atoms with Gasteiger partial charge in [0, 0.05) is 18.3 Å². The van der Waals surface area contributed by atoms with E-state index in [1.54, 1.807) is 24.3 Å². The number of amides is 1. The van der Waals surface area contributed by atoms with Crippen LogP contribution in [-0.4, -0.2) is 21.4 Å². The zero-order valence-corrected chi connectivity index (χ0v) is 17.5. The maximum atomic E-state index is 13.0. The molecule has 0 aliphatic heterocycles. The number of rotatable bonds is 5. The van der Waals surface area contributed by atoms with Crippen LogP contribution in [0, 0.1) is 6.92 Å². The monoisotopic (exact) mass is 448 g/mol. The number of carbonyl (C=O) groups excluding carboxylic acids is 1. The molecule has 0 saturated heterocycles. The quantitative estimate of drug-likeness (QED) is 0.591. The van der Waals surface area contributed by atoms with Gasteiger partial charge < -0.3 is 5.32 Å². The van der Waals surface area contributed by atoms with Gasteiger partial charge in [0.05, 0.1) is 16.1 Å². The van der Waals surface area contributed by atoms with Crippen molar-refractivity contribution in [3.8, 4) is 0 Å². The van der Waals surface area contributed by atoms with E-state index in [9.17, 15) is 26.4 Å². The third-order valence-electron chi connectivity index (χ3n) is 4.60. The molecule has 5 nitrogen and oxygen atoms in total. The van der Waals surface area contributed by atoms with Crippen LogP contribution in [0.25, 0.3) is 0 Å². The minimum Gasteiger partial charge on any atom is -0.322 e. The predicted molar refractivity (Wildman–Crippen MR) is 113 cm³/mol. The summed E-state index contributed by atoms with van der Waals surface area (Å²) in [4.78, 5) is 12.4. The molecule has 0 spiro atoms. The van der Waals surface area contributed by atoms with E-state index in [1.807, 2.05) is 6.92 Å². The third-order valence-corrected chi connectivity index (χ3v) is 6.38. The largest absolute Gasteiger partial charge is 0.416 e. The summed E-state index contributed by atoms with van der Waals surface area (Å²) in [6.07, 6.45) is -4.55. The first-order valence-corrected chi connectivity index (χ1v) is 10.6. The minimum absolute atomic E-state index is 0.00390. The summed E-state index contributed by atoms with van der Waals surface area (Å²) in [6, 6.07) is 16.4. The van der Waals surface area contributed by atoms with Crippen molar-refractivity contribution in [2.24, 2.45) is 0 Å². The number of anilines is 2. The topological polar surface area (TPSA) is 66.5 Å². The molecule has 0 bridgehead atoms. The van der Waals surface area contributed by atoms with Crippen LogP contribution in [0.1, 0.15) is 21.5 Å². The van der Waals surface area contributed by atoms with Crippen LogP contribution in [-0.2, 0) is 16.2 Å². The molecule has 3 aromatic carbocycles. The molecule has 3 aromatic rings. The fourth-order valence-corrected chi connectivity index (χ4v) is 4.07. The predicted octanol–water partition coefficient (Wildman–Crippen LogP) is 5.09. The Kier molecular flexibility index (Phi) is 6.08. The number of nitrogens with zero attached hydrogens (tertiary/aromatic N) is 1. The zero-order chi connectivity index (χ0) is 22.8. The molecule has 0 fully saturated rings. The Morgan fingerprint density at radius 1 is 0.935 bits per heavy atom. The van der Waals surface area contributed by atoms with Crippen molar-refractivity contribution in [3.05, 3.63) is 89.5 Å². The molecule has 31 heavy (non-hydrogen) atoms. The minimum atomic E-state index is -4.55. The van der Waals surface area contributed by atoms with Gasteiger partial charge in [-0.25, -0.2) is 8.42 Å². The SMILES string of the molecule is Cc1ccc(N(C)S(=O)(=O)c2cccc(C(=O)Nc3cccc(C(F)(F)F)c3)c2)cc1. The van der Waals surface area contributed by atoms with E-state index < -0.39 is 27.7 Å². The smallest absolute Gasteiger partial charge is 0.322 e. The summed E-state index contributed by atoms with van der Waals surface area (Å²) >= 11 is 0. The molecule has 0 aromatic heterocycles. The second kappa shape index (κ2) is 8.43. The van der Waals surface area contributed by atoms with Gasteiger partial charge in [-0.15, -0.1) is 0 Å². The summed E-state index contributed by atoms with van der Waals surface area (Å²) in [5.41, 5.74) is 0.467. The average Bonchev–Trinajstić information content (AvgIpc) is 2.73. The van der Waals surface area contributed by atoms with Crippen molar-refractivity contribution in [2.45, 2.75) is 18.0 Å². The van der Waals surface area contributed by atoms with Gasteiger partial charge in [0.2, 0.25) is 0 Å². The summed E-state index contributed by atoms with van der Waals surface area (Å²) in [6.45, 7) is 1.88. The molecule has 3 rings (SSSR count). The molecule has 162 valence electrons. The number of carbonyl (C=O) groups is 1. The first-order valence-electron chi connectivity index (χ1n) is 9.13. The Bertz CT molecular complexity index is 1210. The van der Waals surface area contributed by atoms with Gasteiger partial charge in [0.1, 0.15) is 0 Å². The molecule has 9 heteroatoms. The van der Waals surface area contributed by atoms with Gasteiger partial charge in [-0.1, -0.05) is 29.8 Å². The lowest BCUT2D eigenvalue weighted by molar-refractivity contribution is -0.137. The number of halogens is 3. The van der Waals surface area contributed by atoms with E-state index in [0.717, 1.165) is 22.0 Å². The van der Waals surface area contributed by atoms with E-state index in [-0.39, 0.29) is 16.1 Å². The van der Waals surface area contributed by atoms with Gasteiger partial charge in [-0.2, -0.15) is 13.2 Å². The van der Waals surface area contributed by atoms with Crippen LogP contribution >= 0.6 is 0 Å². The number of hydrogen-bond acceptors (Lipinski definition) is 3. The number of nitrogens with one attached hydrogen (secondary N) is 1. The summed E-state index contributed by atoms with van der Waals surface area (Å²) in [5, 5.41) is 2.37. The van der Waals surface area contributed by atoms with Gasteiger partial charge in [0.15, 0.2) is 0 Å². The Balaban J connectivity index is 1.85. The van der Waals surface area contributed by atoms with Crippen molar-refractivity contribution < 1.29 is 26.4 Å². The molecule has 0 aliphatic carbocycles. The summed E-state index contributed by atoms with van der Waals surface area (Å²) in [7, 11) is -2.56. The third kappa shape index (κ3) is 5.05. The average molecular weight is 448 g/mol. The van der Waals surface area contributed by atoms with Crippen molar-refractivity contribution in [3.63, 3.8) is 0 Å². The van der Waals surface area contributed by atoms with Crippen LogP contribution in [0.2, 0.25) is 0 Å². The molecule has 0 saturated carbocycles. The maximum Gasteiger partial charge on any atom is 0.416 e. The lowest BCUT2D eigenvalue weighted by Gasteiger charge is -2.20. The Hall–Kier alpha value is -3.33. The molecule has 1 amide bonds.